The Morgan fingerprint density at radius 3 is 3.11 bits per heavy atom. The number of furan rings is 1. The van der Waals surface area contributed by atoms with Crippen molar-refractivity contribution in [1.82, 2.24) is 5.32 Å². The van der Waals surface area contributed by atoms with Crippen LogP contribution in [0.4, 0.5) is 0 Å². The highest BCUT2D eigenvalue weighted by atomic mass is 32.1. The molecule has 0 atom stereocenters. The summed E-state index contributed by atoms with van der Waals surface area (Å²) in [5.74, 6) is 6.40. The van der Waals surface area contributed by atoms with Crippen molar-refractivity contribution in [2.24, 2.45) is 5.73 Å². The van der Waals surface area contributed by atoms with Crippen molar-refractivity contribution in [2.75, 3.05) is 13.1 Å². The Hall–Kier alpha value is -2.03. The van der Waals surface area contributed by atoms with Crippen LogP contribution in [-0.4, -0.2) is 19.0 Å². The number of carbonyl (C=O) groups is 1. The van der Waals surface area contributed by atoms with E-state index in [1.165, 1.54) is 11.3 Å². The first-order valence-electron chi connectivity index (χ1n) is 5.88. The van der Waals surface area contributed by atoms with Crippen molar-refractivity contribution in [3.8, 4) is 11.8 Å². The Balaban J connectivity index is 1.91. The van der Waals surface area contributed by atoms with Gasteiger partial charge in [0.15, 0.2) is 0 Å². The summed E-state index contributed by atoms with van der Waals surface area (Å²) in [6.45, 7) is 0.823. The largest absolute Gasteiger partial charge is 0.469 e. The zero-order chi connectivity index (χ0) is 13.5. The minimum absolute atomic E-state index is 0.108. The molecule has 0 unspecified atom stereocenters. The lowest BCUT2D eigenvalue weighted by molar-refractivity contribution is 0.0957. The van der Waals surface area contributed by atoms with E-state index in [0.29, 0.717) is 17.8 Å². The van der Waals surface area contributed by atoms with Gasteiger partial charge in [-0.1, -0.05) is 11.8 Å². The van der Waals surface area contributed by atoms with Gasteiger partial charge in [0.25, 0.3) is 5.91 Å². The smallest absolute Gasteiger partial charge is 0.262 e. The minimum atomic E-state index is -0.108. The van der Waals surface area contributed by atoms with Crippen LogP contribution in [0.2, 0.25) is 0 Å². The molecule has 98 valence electrons. The molecule has 2 heterocycles. The van der Waals surface area contributed by atoms with E-state index >= 15 is 0 Å². The summed E-state index contributed by atoms with van der Waals surface area (Å²) in [6.07, 6.45) is 2.30. The van der Waals surface area contributed by atoms with E-state index in [1.54, 1.807) is 6.26 Å². The van der Waals surface area contributed by atoms with E-state index in [-0.39, 0.29) is 12.5 Å². The molecule has 0 saturated carbocycles. The highest BCUT2D eigenvalue weighted by Crippen LogP contribution is 2.15. The number of rotatable bonds is 4. The predicted octanol–water partition coefficient (Wildman–Crippen LogP) is 1.62. The normalized spacial score (nSPS) is 9.74. The third-order valence-corrected chi connectivity index (χ3v) is 3.35. The maximum atomic E-state index is 12.0. The van der Waals surface area contributed by atoms with Crippen LogP contribution in [0.15, 0.2) is 34.3 Å². The van der Waals surface area contributed by atoms with Crippen molar-refractivity contribution >= 4 is 17.2 Å². The van der Waals surface area contributed by atoms with Crippen LogP contribution in [0.25, 0.3) is 0 Å². The lowest BCUT2D eigenvalue weighted by atomic mass is 10.2. The van der Waals surface area contributed by atoms with Crippen LogP contribution in [-0.2, 0) is 6.42 Å². The second-order valence-corrected chi connectivity index (χ2v) is 4.67. The van der Waals surface area contributed by atoms with Gasteiger partial charge in [0.2, 0.25) is 0 Å². The standard InChI is InChI=1S/C14H14N2O2S/c15-7-1-3-11-6-10-19-13(11)14(17)16-8-5-12-4-2-9-18-12/h2,4,6,9-10H,5,7-8,15H2,(H,16,17). The molecule has 0 aliphatic rings. The predicted molar refractivity (Wildman–Crippen MR) is 75.0 cm³/mol. The molecule has 2 rings (SSSR count). The summed E-state index contributed by atoms with van der Waals surface area (Å²) in [5, 5.41) is 4.70. The van der Waals surface area contributed by atoms with E-state index in [0.717, 1.165) is 11.3 Å². The van der Waals surface area contributed by atoms with Crippen molar-refractivity contribution in [2.45, 2.75) is 6.42 Å². The Labute approximate surface area is 115 Å². The molecule has 2 aromatic rings. The fraction of sp³-hybridized carbons (Fsp3) is 0.214. The molecular weight excluding hydrogens is 260 g/mol. The highest BCUT2D eigenvalue weighted by molar-refractivity contribution is 7.12. The molecule has 0 saturated heterocycles. The van der Waals surface area contributed by atoms with Crippen molar-refractivity contribution < 1.29 is 9.21 Å². The van der Waals surface area contributed by atoms with E-state index in [9.17, 15) is 4.79 Å². The van der Waals surface area contributed by atoms with Crippen LogP contribution in [0.1, 0.15) is 21.0 Å². The van der Waals surface area contributed by atoms with E-state index in [4.69, 9.17) is 10.2 Å². The van der Waals surface area contributed by atoms with Crippen LogP contribution < -0.4 is 11.1 Å². The number of hydrogen-bond acceptors (Lipinski definition) is 4. The Bertz CT molecular complexity index is 590. The highest BCUT2D eigenvalue weighted by Gasteiger charge is 2.11. The summed E-state index contributed by atoms with van der Waals surface area (Å²) >= 11 is 1.38. The molecule has 0 aliphatic carbocycles. The second kappa shape index (κ2) is 6.78. The van der Waals surface area contributed by atoms with Gasteiger partial charge in [-0.3, -0.25) is 4.79 Å². The molecule has 19 heavy (non-hydrogen) atoms. The molecule has 3 N–H and O–H groups in total. The summed E-state index contributed by atoms with van der Waals surface area (Å²) < 4.78 is 5.20. The Kier molecular flexibility index (Phi) is 4.78. The lowest BCUT2D eigenvalue weighted by Crippen LogP contribution is -2.25. The third-order valence-electron chi connectivity index (χ3n) is 2.43. The number of thiophene rings is 1. The molecule has 2 aromatic heterocycles. The van der Waals surface area contributed by atoms with Crippen LogP contribution in [0, 0.1) is 11.8 Å². The van der Waals surface area contributed by atoms with Crippen molar-refractivity contribution in [1.29, 1.82) is 0 Å². The van der Waals surface area contributed by atoms with E-state index < -0.39 is 0 Å². The Morgan fingerprint density at radius 1 is 1.47 bits per heavy atom. The van der Waals surface area contributed by atoms with Gasteiger partial charge in [-0.05, 0) is 23.6 Å². The molecule has 0 aliphatic heterocycles. The maximum Gasteiger partial charge on any atom is 0.262 e. The molecule has 4 nitrogen and oxygen atoms in total. The summed E-state index contributed by atoms with van der Waals surface area (Å²) in [5.41, 5.74) is 6.05. The summed E-state index contributed by atoms with van der Waals surface area (Å²) in [4.78, 5) is 12.6. The van der Waals surface area contributed by atoms with Gasteiger partial charge < -0.3 is 15.5 Å². The fourth-order valence-electron chi connectivity index (χ4n) is 1.56. The lowest BCUT2D eigenvalue weighted by Gasteiger charge is -2.02. The number of carbonyl (C=O) groups excluding carboxylic acids is 1. The Morgan fingerprint density at radius 2 is 2.37 bits per heavy atom. The van der Waals surface area contributed by atoms with Crippen LogP contribution in [0.5, 0.6) is 0 Å². The van der Waals surface area contributed by atoms with Gasteiger partial charge >= 0.3 is 0 Å². The topological polar surface area (TPSA) is 68.3 Å². The van der Waals surface area contributed by atoms with Gasteiger partial charge in [-0.2, -0.15) is 0 Å². The van der Waals surface area contributed by atoms with Crippen LogP contribution in [0.3, 0.4) is 0 Å². The van der Waals surface area contributed by atoms with E-state index in [2.05, 4.69) is 17.2 Å². The van der Waals surface area contributed by atoms with E-state index in [1.807, 2.05) is 23.6 Å². The summed E-state index contributed by atoms with van der Waals surface area (Å²) in [6, 6.07) is 5.54. The number of hydrogen-bond donors (Lipinski definition) is 2. The molecule has 1 amide bonds. The molecular formula is C14H14N2O2S. The zero-order valence-electron chi connectivity index (χ0n) is 10.3. The summed E-state index contributed by atoms with van der Waals surface area (Å²) in [7, 11) is 0. The average Bonchev–Trinajstić information content (AvgIpc) is 3.07. The number of nitrogens with one attached hydrogen (secondary N) is 1. The SMILES string of the molecule is NCC#Cc1ccsc1C(=O)NCCc1ccco1. The second-order valence-electron chi connectivity index (χ2n) is 3.75. The first-order valence-corrected chi connectivity index (χ1v) is 6.76. The first kappa shape index (κ1) is 13.4. The van der Waals surface area contributed by atoms with Gasteiger partial charge in [0.1, 0.15) is 10.6 Å². The van der Waals surface area contributed by atoms with Gasteiger partial charge in [0, 0.05) is 18.5 Å². The van der Waals surface area contributed by atoms with Crippen molar-refractivity contribution in [3.63, 3.8) is 0 Å². The molecule has 0 radical (unpaired) electrons. The third kappa shape index (κ3) is 3.71. The average molecular weight is 274 g/mol. The van der Waals surface area contributed by atoms with Crippen LogP contribution >= 0.6 is 11.3 Å². The zero-order valence-corrected chi connectivity index (χ0v) is 11.1. The molecule has 0 bridgehead atoms. The molecule has 0 spiro atoms. The molecule has 5 heteroatoms. The first-order chi connectivity index (χ1) is 9.31. The fourth-order valence-corrected chi connectivity index (χ4v) is 2.33. The van der Waals surface area contributed by atoms with Crippen molar-refractivity contribution in [3.05, 3.63) is 46.0 Å². The molecule has 0 aromatic carbocycles. The van der Waals surface area contributed by atoms with Gasteiger partial charge in [-0.15, -0.1) is 11.3 Å². The number of amides is 1. The maximum absolute atomic E-state index is 12.0. The quantitative estimate of drug-likeness (QED) is 0.833. The molecule has 0 fully saturated rings. The monoisotopic (exact) mass is 274 g/mol. The number of nitrogens with two attached hydrogens (primary N) is 1. The minimum Gasteiger partial charge on any atom is -0.469 e. The van der Waals surface area contributed by atoms with Gasteiger partial charge in [-0.25, -0.2) is 0 Å². The van der Waals surface area contributed by atoms with Gasteiger partial charge in [0.05, 0.1) is 12.8 Å².